The number of rotatable bonds is 3. The predicted octanol–water partition coefficient (Wildman–Crippen LogP) is 2.00. The summed E-state index contributed by atoms with van der Waals surface area (Å²) in [4.78, 5) is 17.5. The fourth-order valence-corrected chi connectivity index (χ4v) is 2.48. The molecule has 4 nitrogen and oxygen atoms in total. The van der Waals surface area contributed by atoms with Gasteiger partial charge in [-0.15, -0.1) is 0 Å². The van der Waals surface area contributed by atoms with Gasteiger partial charge in [0.05, 0.1) is 11.6 Å². The van der Waals surface area contributed by atoms with Gasteiger partial charge in [-0.05, 0) is 34.0 Å². The van der Waals surface area contributed by atoms with Crippen LogP contribution in [-0.4, -0.2) is 34.0 Å². The molecule has 2 atom stereocenters. The summed E-state index contributed by atoms with van der Waals surface area (Å²) in [5, 5.41) is 9.06. The molecule has 2 heterocycles. The van der Waals surface area contributed by atoms with Crippen molar-refractivity contribution in [1.82, 2.24) is 9.88 Å². The highest BCUT2D eigenvalue weighted by Gasteiger charge is 2.34. The molecule has 17 heavy (non-hydrogen) atoms. The van der Waals surface area contributed by atoms with Crippen LogP contribution in [0.15, 0.2) is 22.8 Å². The van der Waals surface area contributed by atoms with Gasteiger partial charge in [-0.25, -0.2) is 0 Å². The van der Waals surface area contributed by atoms with Crippen LogP contribution < -0.4 is 0 Å². The number of hydrogen-bond donors (Lipinski definition) is 1. The average molecular weight is 299 g/mol. The van der Waals surface area contributed by atoms with Crippen LogP contribution in [-0.2, 0) is 11.3 Å². The highest BCUT2D eigenvalue weighted by molar-refractivity contribution is 9.10. The predicted molar refractivity (Wildman–Crippen MR) is 67.5 cm³/mol. The Hall–Kier alpha value is -0.940. The summed E-state index contributed by atoms with van der Waals surface area (Å²) in [6, 6.07) is 3.92. The summed E-state index contributed by atoms with van der Waals surface area (Å²) in [6.45, 7) is 4.16. The molecule has 92 valence electrons. The van der Waals surface area contributed by atoms with Crippen molar-refractivity contribution in [2.24, 2.45) is 11.8 Å². The molecule has 1 aliphatic heterocycles. The molecule has 0 aromatic carbocycles. The molecule has 5 heteroatoms. The fraction of sp³-hybridized carbons (Fsp3) is 0.500. The number of pyridine rings is 1. The van der Waals surface area contributed by atoms with Crippen molar-refractivity contribution in [3.63, 3.8) is 0 Å². The normalized spacial score (nSPS) is 25.1. The third kappa shape index (κ3) is 3.04. The first kappa shape index (κ1) is 12.5. The van der Waals surface area contributed by atoms with E-state index in [-0.39, 0.29) is 11.8 Å². The highest BCUT2D eigenvalue weighted by atomic mass is 79.9. The summed E-state index contributed by atoms with van der Waals surface area (Å²) >= 11 is 3.34. The minimum absolute atomic E-state index is 0.211. The summed E-state index contributed by atoms with van der Waals surface area (Å²) in [6.07, 6.45) is 1.77. The van der Waals surface area contributed by atoms with Crippen molar-refractivity contribution < 1.29 is 9.90 Å². The molecular weight excluding hydrogens is 284 g/mol. The molecule has 0 unspecified atom stereocenters. The minimum atomic E-state index is -0.691. The van der Waals surface area contributed by atoms with Gasteiger partial charge in [0.25, 0.3) is 0 Å². The summed E-state index contributed by atoms with van der Waals surface area (Å²) in [5.74, 6) is -0.725. The number of carboxylic acids is 1. The minimum Gasteiger partial charge on any atom is -0.481 e. The van der Waals surface area contributed by atoms with E-state index in [0.29, 0.717) is 6.54 Å². The Morgan fingerprint density at radius 2 is 2.35 bits per heavy atom. The summed E-state index contributed by atoms with van der Waals surface area (Å²) < 4.78 is 0.958. The second-order valence-corrected chi connectivity index (χ2v) is 5.50. The number of carbonyl (C=O) groups is 1. The molecule has 0 saturated carbocycles. The zero-order valence-corrected chi connectivity index (χ0v) is 11.2. The Morgan fingerprint density at radius 3 is 2.88 bits per heavy atom. The molecule has 1 aromatic rings. The molecule has 2 rings (SSSR count). The van der Waals surface area contributed by atoms with Crippen LogP contribution >= 0.6 is 15.9 Å². The lowest BCUT2D eigenvalue weighted by molar-refractivity contribution is -0.142. The van der Waals surface area contributed by atoms with Crippen molar-refractivity contribution >= 4 is 21.9 Å². The van der Waals surface area contributed by atoms with Crippen LogP contribution in [0.3, 0.4) is 0 Å². The van der Waals surface area contributed by atoms with E-state index in [0.717, 1.165) is 23.3 Å². The summed E-state index contributed by atoms with van der Waals surface area (Å²) in [5.41, 5.74) is 0.978. The molecule has 0 aliphatic carbocycles. The molecule has 0 bridgehead atoms. The summed E-state index contributed by atoms with van der Waals surface area (Å²) in [7, 11) is 0. The van der Waals surface area contributed by atoms with Crippen molar-refractivity contribution in [2.75, 3.05) is 13.1 Å². The first-order chi connectivity index (χ1) is 8.06. The molecule has 0 amide bonds. The smallest absolute Gasteiger partial charge is 0.308 e. The quantitative estimate of drug-likeness (QED) is 0.927. The average Bonchev–Trinajstić information content (AvgIpc) is 2.63. The monoisotopic (exact) mass is 298 g/mol. The van der Waals surface area contributed by atoms with E-state index in [1.165, 1.54) is 0 Å². The van der Waals surface area contributed by atoms with Gasteiger partial charge in [0, 0.05) is 30.3 Å². The topological polar surface area (TPSA) is 53.4 Å². The van der Waals surface area contributed by atoms with E-state index in [2.05, 4.69) is 25.8 Å². The molecule has 1 saturated heterocycles. The Kier molecular flexibility index (Phi) is 3.79. The van der Waals surface area contributed by atoms with E-state index < -0.39 is 5.97 Å². The van der Waals surface area contributed by atoms with Gasteiger partial charge in [0.15, 0.2) is 0 Å². The molecule has 1 aromatic heterocycles. The molecular formula is C12H15BrN2O2. The highest BCUT2D eigenvalue weighted by Crippen LogP contribution is 2.24. The second kappa shape index (κ2) is 5.14. The van der Waals surface area contributed by atoms with Gasteiger partial charge in [0.1, 0.15) is 0 Å². The molecule has 1 aliphatic rings. The maximum Gasteiger partial charge on any atom is 0.308 e. The molecule has 1 N–H and O–H groups in total. The van der Waals surface area contributed by atoms with Crippen LogP contribution in [0, 0.1) is 11.8 Å². The largest absolute Gasteiger partial charge is 0.481 e. The van der Waals surface area contributed by atoms with Crippen LogP contribution in [0.5, 0.6) is 0 Å². The Morgan fingerprint density at radius 1 is 1.59 bits per heavy atom. The van der Waals surface area contributed by atoms with Crippen LogP contribution in [0.4, 0.5) is 0 Å². The third-order valence-electron chi connectivity index (χ3n) is 3.18. The first-order valence-electron chi connectivity index (χ1n) is 5.62. The van der Waals surface area contributed by atoms with E-state index in [1.807, 2.05) is 19.1 Å². The van der Waals surface area contributed by atoms with Gasteiger partial charge in [0.2, 0.25) is 0 Å². The van der Waals surface area contributed by atoms with Gasteiger partial charge in [-0.3, -0.25) is 14.7 Å². The number of aliphatic carboxylic acids is 1. The molecule has 0 radical (unpaired) electrons. The van der Waals surface area contributed by atoms with E-state index in [4.69, 9.17) is 5.11 Å². The number of likely N-dealkylation sites (tertiary alicyclic amines) is 1. The Labute approximate surface area is 109 Å². The standard InChI is InChI=1S/C12H15BrN2O2/c1-8-5-15(7-11(8)12(16)17)6-10-3-2-9(13)4-14-10/h2-4,8,11H,5-7H2,1H3,(H,16,17)/t8-,11-/m1/s1. The lowest BCUT2D eigenvalue weighted by atomic mass is 9.99. The number of halogens is 1. The Balaban J connectivity index is 1.97. The maximum absolute atomic E-state index is 11.0. The van der Waals surface area contributed by atoms with E-state index >= 15 is 0 Å². The van der Waals surface area contributed by atoms with Gasteiger partial charge >= 0.3 is 5.97 Å². The van der Waals surface area contributed by atoms with Crippen LogP contribution in [0.1, 0.15) is 12.6 Å². The van der Waals surface area contributed by atoms with Crippen LogP contribution in [0.25, 0.3) is 0 Å². The SMILES string of the molecule is C[C@@H]1CN(Cc2ccc(Br)cn2)C[C@H]1C(=O)O. The van der Waals surface area contributed by atoms with Crippen molar-refractivity contribution in [3.05, 3.63) is 28.5 Å². The fourth-order valence-electron chi connectivity index (χ4n) is 2.25. The van der Waals surface area contributed by atoms with E-state index in [9.17, 15) is 4.79 Å². The number of carboxylic acid groups (broad SMARTS) is 1. The lowest BCUT2D eigenvalue weighted by Gasteiger charge is -2.14. The lowest BCUT2D eigenvalue weighted by Crippen LogP contribution is -2.23. The van der Waals surface area contributed by atoms with Gasteiger partial charge in [-0.2, -0.15) is 0 Å². The first-order valence-corrected chi connectivity index (χ1v) is 6.41. The number of nitrogens with zero attached hydrogens (tertiary/aromatic N) is 2. The molecule has 1 fully saturated rings. The Bertz CT molecular complexity index is 407. The van der Waals surface area contributed by atoms with Crippen LogP contribution in [0.2, 0.25) is 0 Å². The van der Waals surface area contributed by atoms with Crippen molar-refractivity contribution in [3.8, 4) is 0 Å². The second-order valence-electron chi connectivity index (χ2n) is 4.58. The zero-order valence-electron chi connectivity index (χ0n) is 9.64. The van der Waals surface area contributed by atoms with Gasteiger partial charge < -0.3 is 5.11 Å². The number of aromatic nitrogens is 1. The third-order valence-corrected chi connectivity index (χ3v) is 3.65. The maximum atomic E-state index is 11.0. The zero-order chi connectivity index (χ0) is 12.4. The molecule has 0 spiro atoms. The van der Waals surface area contributed by atoms with E-state index in [1.54, 1.807) is 6.20 Å². The van der Waals surface area contributed by atoms with Gasteiger partial charge in [-0.1, -0.05) is 6.92 Å². The van der Waals surface area contributed by atoms with Crippen molar-refractivity contribution in [2.45, 2.75) is 13.5 Å². The van der Waals surface area contributed by atoms with Crippen molar-refractivity contribution in [1.29, 1.82) is 0 Å². The number of hydrogen-bond acceptors (Lipinski definition) is 3.